The van der Waals surface area contributed by atoms with E-state index < -0.39 is 24.5 Å². The fourth-order valence-electron chi connectivity index (χ4n) is 2.90. The molecule has 25 heavy (non-hydrogen) atoms. The van der Waals surface area contributed by atoms with E-state index in [1.807, 2.05) is 6.92 Å². The van der Waals surface area contributed by atoms with E-state index in [4.69, 9.17) is 14.6 Å². The number of aliphatic carboxylic acids is 1. The summed E-state index contributed by atoms with van der Waals surface area (Å²) in [5.41, 5.74) is 0. The van der Waals surface area contributed by atoms with Gasteiger partial charge in [0, 0.05) is 12.8 Å². The number of rotatable bonds is 12. The summed E-state index contributed by atoms with van der Waals surface area (Å²) in [4.78, 5) is 21.6. The summed E-state index contributed by atoms with van der Waals surface area (Å²) in [7, 11) is 0. The normalized spacial score (nSPS) is 27.8. The first-order valence-corrected chi connectivity index (χ1v) is 9.20. The van der Waals surface area contributed by atoms with Crippen molar-refractivity contribution in [2.24, 2.45) is 0 Å². The fraction of sp³-hybridized carbons (Fsp3) is 0.889. The molecule has 0 aliphatic carbocycles. The molecule has 1 aliphatic rings. The van der Waals surface area contributed by atoms with Crippen molar-refractivity contribution in [3.05, 3.63) is 0 Å². The quantitative estimate of drug-likeness (QED) is 0.360. The Hall–Kier alpha value is -1.02. The number of aliphatic hydroxyl groups excluding tert-OH is 2. The minimum atomic E-state index is -1.06. The van der Waals surface area contributed by atoms with E-state index in [2.05, 4.69) is 0 Å². The van der Waals surface area contributed by atoms with Gasteiger partial charge in [-0.2, -0.15) is 0 Å². The largest absolute Gasteiger partial charge is 0.481 e. The van der Waals surface area contributed by atoms with Crippen molar-refractivity contribution in [1.82, 2.24) is 0 Å². The molecule has 1 rings (SSSR count). The van der Waals surface area contributed by atoms with E-state index in [0.717, 1.165) is 38.5 Å². The summed E-state index contributed by atoms with van der Waals surface area (Å²) in [6, 6.07) is 0. The topological polar surface area (TPSA) is 113 Å². The zero-order valence-electron chi connectivity index (χ0n) is 15.2. The summed E-state index contributed by atoms with van der Waals surface area (Å²) < 4.78 is 11.2. The van der Waals surface area contributed by atoms with Crippen LogP contribution in [0, 0.1) is 0 Å². The number of aliphatic hydroxyl groups is 2. The second kappa shape index (κ2) is 11.6. The van der Waals surface area contributed by atoms with Crippen LogP contribution in [0.1, 0.15) is 71.6 Å². The Morgan fingerprint density at radius 3 is 2.44 bits per heavy atom. The van der Waals surface area contributed by atoms with Crippen LogP contribution >= 0.6 is 0 Å². The third-order valence-electron chi connectivity index (χ3n) is 4.47. The molecule has 3 N–H and O–H groups in total. The standard InChI is InChI=1S/C18H32O7/c1-12(24-18-16(21)11-15(20)13(2)25-18)8-6-4-3-5-7-9-14(19)10-17(22)23/h12-13,15-16,18,20-21H,3-11H2,1-2H3,(H,22,23)/t12-,13+,15-,16-,18-/m1/s1. The molecule has 0 aromatic carbocycles. The van der Waals surface area contributed by atoms with Crippen LogP contribution in [0.5, 0.6) is 0 Å². The summed E-state index contributed by atoms with van der Waals surface area (Å²) in [5, 5.41) is 28.0. The van der Waals surface area contributed by atoms with Gasteiger partial charge in [0.25, 0.3) is 0 Å². The second-order valence-electron chi connectivity index (χ2n) is 6.94. The van der Waals surface area contributed by atoms with Crippen molar-refractivity contribution < 1.29 is 34.4 Å². The SMILES string of the molecule is C[C@H](CCCCCCCC(=O)CC(=O)O)O[C@@H]1O[C@@H](C)[C@H](O)C[C@H]1O. The summed E-state index contributed by atoms with van der Waals surface area (Å²) in [6.45, 7) is 3.70. The first-order chi connectivity index (χ1) is 11.8. The maximum atomic E-state index is 11.2. The van der Waals surface area contributed by atoms with Crippen molar-refractivity contribution in [3.63, 3.8) is 0 Å². The van der Waals surface area contributed by atoms with E-state index in [1.54, 1.807) is 6.92 Å². The third kappa shape index (κ3) is 9.30. The third-order valence-corrected chi connectivity index (χ3v) is 4.47. The highest BCUT2D eigenvalue weighted by Crippen LogP contribution is 2.23. The van der Waals surface area contributed by atoms with Gasteiger partial charge in [0.2, 0.25) is 0 Å². The molecule has 0 spiro atoms. The molecular formula is C18H32O7. The van der Waals surface area contributed by atoms with Gasteiger partial charge in [-0.15, -0.1) is 0 Å². The molecular weight excluding hydrogens is 328 g/mol. The van der Waals surface area contributed by atoms with Gasteiger partial charge in [-0.25, -0.2) is 0 Å². The minimum absolute atomic E-state index is 0.0424. The molecule has 0 bridgehead atoms. The smallest absolute Gasteiger partial charge is 0.310 e. The number of ketones is 1. The maximum Gasteiger partial charge on any atom is 0.310 e. The van der Waals surface area contributed by atoms with Crippen molar-refractivity contribution in [2.75, 3.05) is 0 Å². The van der Waals surface area contributed by atoms with Gasteiger partial charge < -0.3 is 24.8 Å². The highest BCUT2D eigenvalue weighted by Gasteiger charge is 2.35. The molecule has 7 heteroatoms. The Bertz CT molecular complexity index is 412. The number of carboxylic acids is 1. The molecule has 146 valence electrons. The molecule has 0 radical (unpaired) electrons. The van der Waals surface area contributed by atoms with Crippen LogP contribution in [0.25, 0.3) is 0 Å². The van der Waals surface area contributed by atoms with Crippen molar-refractivity contribution >= 4 is 11.8 Å². The predicted octanol–water partition coefficient (Wildman–Crippen LogP) is 2.02. The lowest BCUT2D eigenvalue weighted by molar-refractivity contribution is -0.273. The molecule has 0 aromatic rings. The molecule has 1 fully saturated rings. The Kier molecular flexibility index (Phi) is 10.2. The first kappa shape index (κ1) is 22.0. The second-order valence-corrected chi connectivity index (χ2v) is 6.94. The van der Waals surface area contributed by atoms with Crippen LogP contribution in [0.3, 0.4) is 0 Å². The monoisotopic (exact) mass is 360 g/mol. The molecule has 0 unspecified atom stereocenters. The molecule has 0 saturated carbocycles. The molecule has 0 aromatic heterocycles. The highest BCUT2D eigenvalue weighted by molar-refractivity contribution is 5.94. The molecule has 1 aliphatic heterocycles. The van der Waals surface area contributed by atoms with Crippen LogP contribution in [0.2, 0.25) is 0 Å². The van der Waals surface area contributed by atoms with Crippen molar-refractivity contribution in [3.8, 4) is 0 Å². The van der Waals surface area contributed by atoms with Crippen molar-refractivity contribution in [1.29, 1.82) is 0 Å². The maximum absolute atomic E-state index is 11.2. The minimum Gasteiger partial charge on any atom is -0.481 e. The first-order valence-electron chi connectivity index (χ1n) is 9.20. The Labute approximate surface area is 149 Å². The van der Waals surface area contributed by atoms with Gasteiger partial charge >= 0.3 is 5.97 Å². The van der Waals surface area contributed by atoms with Crippen LogP contribution in [-0.2, 0) is 19.1 Å². The van der Waals surface area contributed by atoms with E-state index >= 15 is 0 Å². The molecule has 5 atom stereocenters. The molecule has 0 amide bonds. The van der Waals surface area contributed by atoms with E-state index in [0.29, 0.717) is 6.42 Å². The van der Waals surface area contributed by atoms with Gasteiger partial charge in [0.1, 0.15) is 18.3 Å². The zero-order chi connectivity index (χ0) is 18.8. The van der Waals surface area contributed by atoms with Gasteiger partial charge in [-0.1, -0.05) is 25.7 Å². The van der Waals surface area contributed by atoms with E-state index in [-0.39, 0.29) is 30.8 Å². The number of carbonyl (C=O) groups excluding carboxylic acids is 1. The summed E-state index contributed by atoms with van der Waals surface area (Å²) >= 11 is 0. The molecule has 7 nitrogen and oxygen atoms in total. The number of carboxylic acid groups (broad SMARTS) is 1. The number of ether oxygens (including phenoxy) is 2. The number of hydrogen-bond donors (Lipinski definition) is 3. The van der Waals surface area contributed by atoms with Crippen LogP contribution in [-0.4, -0.2) is 57.8 Å². The number of Topliss-reactive ketones (excluding diaryl/α,β-unsaturated/α-hetero) is 1. The van der Waals surface area contributed by atoms with Gasteiger partial charge in [0.05, 0.1) is 18.3 Å². The number of unbranched alkanes of at least 4 members (excludes halogenated alkanes) is 4. The van der Waals surface area contributed by atoms with Crippen molar-refractivity contribution in [2.45, 2.75) is 102 Å². The Balaban J connectivity index is 2.04. The zero-order valence-corrected chi connectivity index (χ0v) is 15.2. The van der Waals surface area contributed by atoms with Crippen LogP contribution in [0.4, 0.5) is 0 Å². The van der Waals surface area contributed by atoms with E-state index in [1.165, 1.54) is 0 Å². The summed E-state index contributed by atoms with van der Waals surface area (Å²) in [5.74, 6) is -1.27. The number of hydrogen-bond acceptors (Lipinski definition) is 6. The Morgan fingerprint density at radius 1 is 1.12 bits per heavy atom. The molecule has 1 heterocycles. The van der Waals surface area contributed by atoms with Crippen LogP contribution in [0.15, 0.2) is 0 Å². The number of carbonyl (C=O) groups is 2. The lowest BCUT2D eigenvalue weighted by Crippen LogP contribution is -2.48. The van der Waals surface area contributed by atoms with Gasteiger partial charge in [-0.05, 0) is 26.7 Å². The van der Waals surface area contributed by atoms with Gasteiger partial charge in [-0.3, -0.25) is 9.59 Å². The lowest BCUT2D eigenvalue weighted by Gasteiger charge is -2.36. The predicted molar refractivity (Wildman–Crippen MR) is 91.1 cm³/mol. The van der Waals surface area contributed by atoms with E-state index in [9.17, 15) is 19.8 Å². The fourth-order valence-corrected chi connectivity index (χ4v) is 2.90. The highest BCUT2D eigenvalue weighted by atomic mass is 16.7. The Morgan fingerprint density at radius 2 is 1.76 bits per heavy atom. The lowest BCUT2D eigenvalue weighted by atomic mass is 10.0. The average molecular weight is 360 g/mol. The molecule has 1 saturated heterocycles. The van der Waals surface area contributed by atoms with Crippen LogP contribution < -0.4 is 0 Å². The summed E-state index contributed by atoms with van der Waals surface area (Å²) in [6.07, 6.45) is 3.18. The average Bonchev–Trinajstić information content (AvgIpc) is 2.51. The van der Waals surface area contributed by atoms with Gasteiger partial charge in [0.15, 0.2) is 6.29 Å².